The molecule has 9 nitrogen and oxygen atoms in total. The summed E-state index contributed by atoms with van der Waals surface area (Å²) in [5.74, 6) is -0.637. The summed E-state index contributed by atoms with van der Waals surface area (Å²) >= 11 is 0. The summed E-state index contributed by atoms with van der Waals surface area (Å²) in [6, 6.07) is -0.752. The van der Waals surface area contributed by atoms with Gasteiger partial charge in [0, 0.05) is 6.54 Å². The maximum Gasteiger partial charge on any atom is 0.353 e. The molecule has 1 rings (SSSR count). The van der Waals surface area contributed by atoms with Crippen LogP contribution in [0.3, 0.4) is 0 Å². The van der Waals surface area contributed by atoms with Gasteiger partial charge in [-0.15, -0.1) is 0 Å². The summed E-state index contributed by atoms with van der Waals surface area (Å²) in [4.78, 5) is 29.8. The zero-order valence-electron chi connectivity index (χ0n) is 12.3. The van der Waals surface area contributed by atoms with E-state index in [0.29, 0.717) is 6.54 Å². The second kappa shape index (κ2) is 7.36. The molecule has 0 fully saturated rings. The minimum Gasteiger partial charge on any atom is -0.368 e. The molecule has 1 amide bonds. The number of nitrogens with one attached hydrogen (secondary N) is 2. The van der Waals surface area contributed by atoms with Gasteiger partial charge in [0.05, 0.1) is 4.92 Å². The molecule has 0 aromatic carbocycles. The summed E-state index contributed by atoms with van der Waals surface area (Å²) in [6.07, 6.45) is 1.99. The average Bonchev–Trinajstić information content (AvgIpc) is 2.41. The molecule has 21 heavy (non-hydrogen) atoms. The first-order chi connectivity index (χ1) is 9.88. The van der Waals surface area contributed by atoms with E-state index in [4.69, 9.17) is 5.73 Å². The van der Waals surface area contributed by atoms with Gasteiger partial charge in [0.25, 0.3) is 0 Å². The van der Waals surface area contributed by atoms with Crippen LogP contribution in [0.5, 0.6) is 0 Å². The Balaban J connectivity index is 3.16. The number of anilines is 2. The normalized spacial score (nSPS) is 12.0. The minimum atomic E-state index is -0.752. The highest BCUT2D eigenvalue weighted by Crippen LogP contribution is 2.29. The van der Waals surface area contributed by atoms with Crippen molar-refractivity contribution in [3.63, 3.8) is 0 Å². The fourth-order valence-electron chi connectivity index (χ4n) is 1.74. The second-order valence-corrected chi connectivity index (χ2v) is 4.87. The van der Waals surface area contributed by atoms with Gasteiger partial charge in [0.1, 0.15) is 12.4 Å². The number of hydrogen-bond acceptors (Lipinski definition) is 7. The van der Waals surface area contributed by atoms with E-state index in [-0.39, 0.29) is 23.2 Å². The number of nitrogens with zero attached hydrogens (tertiary/aromatic N) is 3. The summed E-state index contributed by atoms with van der Waals surface area (Å²) in [6.45, 7) is 6.04. The van der Waals surface area contributed by atoms with Gasteiger partial charge < -0.3 is 16.4 Å². The van der Waals surface area contributed by atoms with Crippen LogP contribution in [0.2, 0.25) is 0 Å². The van der Waals surface area contributed by atoms with Gasteiger partial charge in [-0.05, 0) is 12.3 Å². The Morgan fingerprint density at radius 2 is 2.05 bits per heavy atom. The summed E-state index contributed by atoms with van der Waals surface area (Å²) in [5, 5.41) is 16.9. The van der Waals surface area contributed by atoms with E-state index in [1.54, 1.807) is 13.8 Å². The molecule has 0 aliphatic carbocycles. The molecule has 0 radical (unpaired) electrons. The molecule has 1 atom stereocenters. The number of nitrogens with two attached hydrogens (primary N) is 1. The Hall–Kier alpha value is -2.45. The topological polar surface area (TPSA) is 136 Å². The van der Waals surface area contributed by atoms with E-state index in [1.807, 2.05) is 6.92 Å². The molecule has 116 valence electrons. The van der Waals surface area contributed by atoms with E-state index in [0.717, 1.165) is 6.42 Å². The lowest BCUT2D eigenvalue weighted by Crippen LogP contribution is -2.40. The molecule has 1 unspecified atom stereocenters. The van der Waals surface area contributed by atoms with Crippen molar-refractivity contribution in [3.05, 3.63) is 16.4 Å². The van der Waals surface area contributed by atoms with Crippen molar-refractivity contribution < 1.29 is 9.72 Å². The molecule has 0 saturated carbocycles. The number of aromatic nitrogens is 2. The smallest absolute Gasteiger partial charge is 0.353 e. The van der Waals surface area contributed by atoms with Crippen LogP contribution in [-0.2, 0) is 4.79 Å². The lowest BCUT2D eigenvalue weighted by atomic mass is 10.0. The van der Waals surface area contributed by atoms with Gasteiger partial charge in [-0.1, -0.05) is 20.8 Å². The number of primary amides is 1. The predicted octanol–water partition coefficient (Wildman–Crippen LogP) is 1.13. The third-order valence-corrected chi connectivity index (χ3v) is 2.81. The van der Waals surface area contributed by atoms with Crippen molar-refractivity contribution in [2.75, 3.05) is 17.2 Å². The third-order valence-electron chi connectivity index (χ3n) is 2.81. The fraction of sp³-hybridized carbons (Fsp3) is 0.583. The highest BCUT2D eigenvalue weighted by atomic mass is 16.6. The van der Waals surface area contributed by atoms with Crippen LogP contribution < -0.4 is 16.4 Å². The van der Waals surface area contributed by atoms with Gasteiger partial charge in [-0.2, -0.15) is 0 Å². The summed E-state index contributed by atoms with van der Waals surface area (Å²) in [7, 11) is 0. The van der Waals surface area contributed by atoms with Crippen LogP contribution in [0.1, 0.15) is 27.2 Å². The molecular weight excluding hydrogens is 276 g/mol. The molecular formula is C12H20N6O3. The van der Waals surface area contributed by atoms with Crippen molar-refractivity contribution in [3.8, 4) is 0 Å². The number of hydrogen-bond donors (Lipinski definition) is 3. The number of carbonyl (C=O) groups excluding carboxylic acids is 1. The zero-order chi connectivity index (χ0) is 16.0. The average molecular weight is 296 g/mol. The molecule has 1 aromatic heterocycles. The zero-order valence-corrected chi connectivity index (χ0v) is 12.3. The monoisotopic (exact) mass is 296 g/mol. The van der Waals surface area contributed by atoms with Gasteiger partial charge in [-0.25, -0.2) is 9.97 Å². The van der Waals surface area contributed by atoms with Crippen molar-refractivity contribution in [1.29, 1.82) is 0 Å². The number of amides is 1. The first-order valence-electron chi connectivity index (χ1n) is 6.67. The molecule has 9 heteroatoms. The first kappa shape index (κ1) is 16.6. The van der Waals surface area contributed by atoms with E-state index in [2.05, 4.69) is 20.6 Å². The van der Waals surface area contributed by atoms with Gasteiger partial charge in [-0.3, -0.25) is 14.9 Å². The first-order valence-corrected chi connectivity index (χ1v) is 6.67. The third kappa shape index (κ3) is 4.26. The van der Waals surface area contributed by atoms with Crippen LogP contribution in [0.4, 0.5) is 17.3 Å². The summed E-state index contributed by atoms with van der Waals surface area (Å²) in [5.41, 5.74) is 5.01. The van der Waals surface area contributed by atoms with Crippen LogP contribution >= 0.6 is 0 Å². The molecule has 0 saturated heterocycles. The SMILES string of the molecule is CCCNc1ncnc(NC(C(N)=O)C(C)C)c1[N+](=O)[O-]. The molecule has 1 aromatic rings. The largest absolute Gasteiger partial charge is 0.368 e. The van der Waals surface area contributed by atoms with Crippen LogP contribution in [0.15, 0.2) is 6.33 Å². The molecule has 0 aliphatic heterocycles. The summed E-state index contributed by atoms with van der Waals surface area (Å²) < 4.78 is 0. The maximum atomic E-state index is 11.4. The number of nitro groups is 1. The number of carbonyl (C=O) groups is 1. The Kier molecular flexibility index (Phi) is 5.82. The van der Waals surface area contributed by atoms with Gasteiger partial charge >= 0.3 is 5.69 Å². The van der Waals surface area contributed by atoms with Crippen molar-refractivity contribution >= 4 is 23.2 Å². The Bertz CT molecular complexity index is 520. The molecule has 4 N–H and O–H groups in total. The van der Waals surface area contributed by atoms with Gasteiger partial charge in [0.2, 0.25) is 17.5 Å². The molecule has 0 aliphatic rings. The Labute approximate surface area is 122 Å². The molecule has 0 spiro atoms. The van der Waals surface area contributed by atoms with Crippen molar-refractivity contribution in [1.82, 2.24) is 9.97 Å². The lowest BCUT2D eigenvalue weighted by molar-refractivity contribution is -0.383. The van der Waals surface area contributed by atoms with Crippen LogP contribution in [0.25, 0.3) is 0 Å². The lowest BCUT2D eigenvalue weighted by Gasteiger charge is -2.19. The maximum absolute atomic E-state index is 11.4. The van der Waals surface area contributed by atoms with Crippen LogP contribution in [-0.4, -0.2) is 33.4 Å². The molecule has 0 bridgehead atoms. The number of rotatable bonds is 8. The van der Waals surface area contributed by atoms with E-state index < -0.39 is 16.9 Å². The minimum absolute atomic E-state index is 0.0221. The standard InChI is InChI=1S/C12H20N6O3/c1-4-5-14-11-9(18(20)21)12(16-6-15-11)17-8(7(2)3)10(13)19/h6-8H,4-5H2,1-3H3,(H2,13,19)(H2,14,15,16,17). The van der Waals surface area contributed by atoms with Crippen LogP contribution in [0, 0.1) is 16.0 Å². The quantitative estimate of drug-likeness (QED) is 0.483. The van der Waals surface area contributed by atoms with Gasteiger partial charge in [0.15, 0.2) is 0 Å². The van der Waals surface area contributed by atoms with E-state index in [9.17, 15) is 14.9 Å². The highest BCUT2D eigenvalue weighted by molar-refractivity contribution is 5.84. The van der Waals surface area contributed by atoms with E-state index in [1.165, 1.54) is 6.33 Å². The Morgan fingerprint density at radius 1 is 1.43 bits per heavy atom. The van der Waals surface area contributed by atoms with Crippen molar-refractivity contribution in [2.45, 2.75) is 33.2 Å². The second-order valence-electron chi connectivity index (χ2n) is 4.87. The highest BCUT2D eigenvalue weighted by Gasteiger charge is 2.27. The molecule has 1 heterocycles. The van der Waals surface area contributed by atoms with E-state index >= 15 is 0 Å². The Morgan fingerprint density at radius 3 is 2.52 bits per heavy atom. The predicted molar refractivity (Wildman–Crippen MR) is 78.9 cm³/mol. The van der Waals surface area contributed by atoms with Crippen molar-refractivity contribution in [2.24, 2.45) is 11.7 Å². The fourth-order valence-corrected chi connectivity index (χ4v) is 1.74.